The summed E-state index contributed by atoms with van der Waals surface area (Å²) in [7, 11) is 1.74. The molecule has 0 fully saturated rings. The van der Waals surface area contributed by atoms with Crippen molar-refractivity contribution in [1.29, 1.82) is 0 Å². The van der Waals surface area contributed by atoms with E-state index in [0.717, 1.165) is 16.5 Å². The average Bonchev–Trinajstić information content (AvgIpc) is 2.61. The van der Waals surface area contributed by atoms with Crippen molar-refractivity contribution in [2.75, 3.05) is 12.4 Å². The molecule has 2 amide bonds. The Balaban J connectivity index is 1.84. The Morgan fingerprint density at radius 2 is 1.93 bits per heavy atom. The molecule has 0 aliphatic rings. The van der Waals surface area contributed by atoms with Crippen molar-refractivity contribution in [2.24, 2.45) is 0 Å². The topological polar surface area (TPSA) is 62.3 Å². The maximum Gasteiger partial charge on any atom is 0.257 e. The molecule has 1 aromatic heterocycles. The summed E-state index contributed by atoms with van der Waals surface area (Å²) in [6.07, 6.45) is 0. The second kappa shape index (κ2) is 7.76. The molecule has 27 heavy (non-hydrogen) atoms. The Morgan fingerprint density at radius 3 is 2.67 bits per heavy atom. The van der Waals surface area contributed by atoms with Gasteiger partial charge in [0.25, 0.3) is 5.91 Å². The van der Waals surface area contributed by atoms with Crippen LogP contribution >= 0.6 is 11.6 Å². The number of nitrogens with zero attached hydrogens (tertiary/aromatic N) is 2. The van der Waals surface area contributed by atoms with Gasteiger partial charge in [0.1, 0.15) is 0 Å². The smallest absolute Gasteiger partial charge is 0.257 e. The first kappa shape index (κ1) is 18.9. The molecule has 0 aliphatic carbocycles. The van der Waals surface area contributed by atoms with Crippen molar-refractivity contribution in [2.45, 2.75) is 20.4 Å². The minimum Gasteiger partial charge on any atom is -0.342 e. The fourth-order valence-electron chi connectivity index (χ4n) is 2.80. The van der Waals surface area contributed by atoms with Gasteiger partial charge in [-0.2, -0.15) is 0 Å². The molecule has 0 spiro atoms. The van der Waals surface area contributed by atoms with Gasteiger partial charge in [-0.05, 0) is 48.9 Å². The van der Waals surface area contributed by atoms with Gasteiger partial charge >= 0.3 is 0 Å². The average molecular weight is 382 g/mol. The highest BCUT2D eigenvalue weighted by Gasteiger charge is 2.13. The highest BCUT2D eigenvalue weighted by molar-refractivity contribution is 6.31. The van der Waals surface area contributed by atoms with Gasteiger partial charge < -0.3 is 10.2 Å². The molecule has 3 aromatic rings. The summed E-state index contributed by atoms with van der Waals surface area (Å²) in [6.45, 7) is 3.81. The number of fused-ring (bicyclic) bond motifs is 1. The Kier molecular flexibility index (Phi) is 5.42. The minimum atomic E-state index is -0.237. The molecule has 2 aromatic carbocycles. The predicted octanol–water partition coefficient (Wildman–Crippen LogP) is 4.43. The summed E-state index contributed by atoms with van der Waals surface area (Å²) in [5.41, 5.74) is 3.54. The van der Waals surface area contributed by atoms with Gasteiger partial charge in [-0.1, -0.05) is 23.7 Å². The van der Waals surface area contributed by atoms with Crippen molar-refractivity contribution in [1.82, 2.24) is 9.88 Å². The molecule has 0 atom stereocenters. The number of anilines is 1. The van der Waals surface area contributed by atoms with Crippen LogP contribution in [0.3, 0.4) is 0 Å². The van der Waals surface area contributed by atoms with Crippen LogP contribution in [0.25, 0.3) is 10.9 Å². The zero-order valence-corrected chi connectivity index (χ0v) is 16.2. The molecule has 5 nitrogen and oxygen atoms in total. The van der Waals surface area contributed by atoms with E-state index < -0.39 is 0 Å². The van der Waals surface area contributed by atoms with E-state index in [9.17, 15) is 9.59 Å². The lowest BCUT2D eigenvalue weighted by atomic mass is 10.1. The number of halogens is 1. The van der Waals surface area contributed by atoms with E-state index in [2.05, 4.69) is 10.3 Å². The number of aromatic nitrogens is 1. The zero-order valence-electron chi connectivity index (χ0n) is 15.4. The number of amides is 2. The van der Waals surface area contributed by atoms with Crippen molar-refractivity contribution >= 4 is 40.0 Å². The van der Waals surface area contributed by atoms with Crippen molar-refractivity contribution in [3.63, 3.8) is 0 Å². The molecule has 0 radical (unpaired) electrons. The first-order valence-electron chi connectivity index (χ1n) is 8.52. The van der Waals surface area contributed by atoms with Gasteiger partial charge in [-0.25, -0.2) is 0 Å². The highest BCUT2D eigenvalue weighted by Crippen LogP contribution is 2.22. The minimum absolute atomic E-state index is 0.0130. The van der Waals surface area contributed by atoms with E-state index in [4.69, 9.17) is 11.6 Å². The van der Waals surface area contributed by atoms with Crippen LogP contribution in [-0.2, 0) is 11.3 Å². The van der Waals surface area contributed by atoms with E-state index >= 15 is 0 Å². The zero-order chi connectivity index (χ0) is 19.6. The number of benzene rings is 2. The number of carbonyl (C=O) groups excluding carboxylic acids is 2. The van der Waals surface area contributed by atoms with Gasteiger partial charge in [0.05, 0.1) is 16.8 Å². The number of hydrogen-bond acceptors (Lipinski definition) is 3. The SMILES string of the molecule is CC(=O)N(C)Cc1cccc(NC(=O)c2cc3cc(Cl)ccc3nc2C)c1. The van der Waals surface area contributed by atoms with Crippen molar-refractivity contribution in [3.05, 3.63) is 70.4 Å². The van der Waals surface area contributed by atoms with Gasteiger partial charge in [-0.15, -0.1) is 0 Å². The Hall–Kier alpha value is -2.92. The maximum absolute atomic E-state index is 12.8. The molecule has 1 heterocycles. The van der Waals surface area contributed by atoms with Crippen LogP contribution in [0.4, 0.5) is 5.69 Å². The number of hydrogen-bond donors (Lipinski definition) is 1. The second-order valence-corrected chi connectivity index (χ2v) is 6.92. The van der Waals surface area contributed by atoms with Crippen LogP contribution in [-0.4, -0.2) is 28.7 Å². The van der Waals surface area contributed by atoms with Crippen molar-refractivity contribution < 1.29 is 9.59 Å². The van der Waals surface area contributed by atoms with E-state index in [1.165, 1.54) is 6.92 Å². The number of carbonyl (C=O) groups is 2. The first-order valence-corrected chi connectivity index (χ1v) is 8.90. The van der Waals surface area contributed by atoms with Crippen LogP contribution < -0.4 is 5.32 Å². The van der Waals surface area contributed by atoms with Crippen LogP contribution in [0.15, 0.2) is 48.5 Å². The van der Waals surface area contributed by atoms with Gasteiger partial charge in [0, 0.05) is 36.6 Å². The molecule has 6 heteroatoms. The molecule has 0 saturated heterocycles. The molecule has 0 saturated carbocycles. The first-order chi connectivity index (χ1) is 12.8. The predicted molar refractivity (Wildman–Crippen MR) is 108 cm³/mol. The summed E-state index contributed by atoms with van der Waals surface area (Å²) in [4.78, 5) is 30.3. The van der Waals surface area contributed by atoms with Crippen molar-refractivity contribution in [3.8, 4) is 0 Å². The fraction of sp³-hybridized carbons (Fsp3) is 0.190. The lowest BCUT2D eigenvalue weighted by molar-refractivity contribution is -0.128. The van der Waals surface area contributed by atoms with E-state index in [0.29, 0.717) is 28.5 Å². The highest BCUT2D eigenvalue weighted by atomic mass is 35.5. The summed E-state index contributed by atoms with van der Waals surface area (Å²) in [5, 5.41) is 4.32. The molecule has 1 N–H and O–H groups in total. The molecular weight excluding hydrogens is 362 g/mol. The third-order valence-electron chi connectivity index (χ3n) is 4.35. The van der Waals surface area contributed by atoms with E-state index in [1.54, 1.807) is 37.1 Å². The molecular formula is C21H20ClN3O2. The lowest BCUT2D eigenvalue weighted by Gasteiger charge is -2.15. The largest absolute Gasteiger partial charge is 0.342 e. The Bertz CT molecular complexity index is 1030. The van der Waals surface area contributed by atoms with Gasteiger partial charge in [0.2, 0.25) is 5.91 Å². The monoisotopic (exact) mass is 381 g/mol. The Morgan fingerprint density at radius 1 is 1.15 bits per heavy atom. The molecule has 0 bridgehead atoms. The number of rotatable bonds is 4. The maximum atomic E-state index is 12.8. The van der Waals surface area contributed by atoms with Gasteiger partial charge in [-0.3, -0.25) is 14.6 Å². The normalized spacial score (nSPS) is 10.7. The fourth-order valence-corrected chi connectivity index (χ4v) is 2.99. The van der Waals surface area contributed by atoms with Crippen LogP contribution in [0, 0.1) is 6.92 Å². The molecule has 0 unspecified atom stereocenters. The number of pyridine rings is 1. The molecule has 0 aliphatic heterocycles. The summed E-state index contributed by atoms with van der Waals surface area (Å²) < 4.78 is 0. The van der Waals surface area contributed by atoms with Crippen LogP contribution in [0.1, 0.15) is 28.5 Å². The summed E-state index contributed by atoms with van der Waals surface area (Å²) in [6, 6.07) is 14.6. The third kappa shape index (κ3) is 4.44. The Labute approximate surface area is 163 Å². The van der Waals surface area contributed by atoms with Gasteiger partial charge in [0.15, 0.2) is 0 Å². The molecule has 3 rings (SSSR count). The lowest BCUT2D eigenvalue weighted by Crippen LogP contribution is -2.23. The molecule has 138 valence electrons. The van der Waals surface area contributed by atoms with Crippen LogP contribution in [0.5, 0.6) is 0 Å². The van der Waals surface area contributed by atoms with Crippen LogP contribution in [0.2, 0.25) is 5.02 Å². The summed E-state index contributed by atoms with van der Waals surface area (Å²) >= 11 is 6.04. The third-order valence-corrected chi connectivity index (χ3v) is 4.59. The van der Waals surface area contributed by atoms with E-state index in [-0.39, 0.29) is 11.8 Å². The van der Waals surface area contributed by atoms with E-state index in [1.807, 2.05) is 30.3 Å². The second-order valence-electron chi connectivity index (χ2n) is 6.49. The standard InChI is InChI=1S/C21H20ClN3O2/c1-13-19(11-16-10-17(22)7-8-20(16)23-13)21(27)24-18-6-4-5-15(9-18)12-25(3)14(2)26/h4-11H,12H2,1-3H3,(H,24,27). The quantitative estimate of drug-likeness (QED) is 0.727. The number of nitrogens with one attached hydrogen (secondary N) is 1. The summed E-state index contributed by atoms with van der Waals surface area (Å²) in [5.74, 6) is -0.250. The number of aryl methyl sites for hydroxylation is 1.